The molecule has 1 unspecified atom stereocenters. The number of piperidine rings is 1. The zero-order valence-corrected chi connectivity index (χ0v) is 26.0. The highest BCUT2D eigenvalue weighted by atomic mass is 32.2. The van der Waals surface area contributed by atoms with E-state index in [2.05, 4.69) is 16.8 Å². The molecule has 0 bridgehead atoms. The van der Waals surface area contributed by atoms with Gasteiger partial charge in [0.25, 0.3) is 0 Å². The van der Waals surface area contributed by atoms with Gasteiger partial charge in [-0.05, 0) is 61.3 Å². The SMILES string of the molecule is CC1CCN(c2ccc(S(=O)(=O)N3CC(=O)N(c4cc(-c5ccccc5)sc4C(=O)O)C(C4CCCCC4)C3)cn2)CC1. The Hall–Kier alpha value is -3.28. The number of piperazine rings is 1. The molecule has 1 atom stereocenters. The van der Waals surface area contributed by atoms with E-state index in [-0.39, 0.29) is 28.8 Å². The number of amides is 1. The number of aromatic carboxylic acids is 1. The van der Waals surface area contributed by atoms with E-state index in [0.29, 0.717) is 11.6 Å². The summed E-state index contributed by atoms with van der Waals surface area (Å²) in [4.78, 5) is 35.6. The maximum atomic E-state index is 14.0. The zero-order chi connectivity index (χ0) is 30.1. The fourth-order valence-corrected chi connectivity index (χ4v) is 9.05. The molecule has 4 heterocycles. The van der Waals surface area contributed by atoms with Gasteiger partial charge >= 0.3 is 5.97 Å². The Morgan fingerprint density at radius 2 is 1.72 bits per heavy atom. The number of thiophene rings is 1. The lowest BCUT2D eigenvalue weighted by Crippen LogP contribution is -2.60. The predicted octanol–water partition coefficient (Wildman–Crippen LogP) is 5.73. The van der Waals surface area contributed by atoms with Crippen LogP contribution in [0.15, 0.2) is 59.6 Å². The van der Waals surface area contributed by atoms with Crippen LogP contribution in [0.5, 0.6) is 0 Å². The van der Waals surface area contributed by atoms with E-state index in [9.17, 15) is 23.1 Å². The van der Waals surface area contributed by atoms with Crippen molar-refractivity contribution in [3.05, 3.63) is 59.6 Å². The molecule has 1 aromatic carbocycles. The molecule has 3 aliphatic rings. The fourth-order valence-electron chi connectivity index (χ4n) is 6.70. The lowest BCUT2D eigenvalue weighted by atomic mass is 9.82. The van der Waals surface area contributed by atoms with E-state index in [1.54, 1.807) is 23.1 Å². The maximum absolute atomic E-state index is 14.0. The number of carbonyl (C=O) groups excluding carboxylic acids is 1. The first-order valence-electron chi connectivity index (χ1n) is 15.2. The van der Waals surface area contributed by atoms with Crippen molar-refractivity contribution in [2.45, 2.75) is 62.8 Å². The average molecular weight is 623 g/mol. The highest BCUT2D eigenvalue weighted by Gasteiger charge is 2.44. The normalized spacial score (nSPS) is 21.3. The fraction of sp³-hybridized carbons (Fsp3) is 0.469. The molecule has 43 heavy (non-hydrogen) atoms. The second-order valence-electron chi connectivity index (χ2n) is 12.0. The molecule has 2 saturated heterocycles. The number of pyridine rings is 1. The number of nitrogens with zero attached hydrogens (tertiary/aromatic N) is 4. The van der Waals surface area contributed by atoms with Crippen molar-refractivity contribution >= 4 is 44.7 Å². The van der Waals surface area contributed by atoms with Crippen LogP contribution in [0, 0.1) is 11.8 Å². The standard InChI is InChI=1S/C32H38N4O5S2/c1-22-14-16-34(17-15-22)29-13-12-25(19-33-29)43(40,41)35-20-27(23-8-4-2-5-9-23)36(30(37)21-35)26-18-28(42-31(26)32(38)39)24-10-6-3-7-11-24/h3,6-7,10-13,18-19,22-23,27H,2,4-5,8-9,14-17,20-21H2,1H3,(H,38,39). The topological polar surface area (TPSA) is 111 Å². The third kappa shape index (κ3) is 6.07. The van der Waals surface area contributed by atoms with E-state index < -0.39 is 27.9 Å². The summed E-state index contributed by atoms with van der Waals surface area (Å²) in [5.41, 5.74) is 1.23. The summed E-state index contributed by atoms with van der Waals surface area (Å²) in [7, 11) is -4.00. The monoisotopic (exact) mass is 622 g/mol. The quantitative estimate of drug-likeness (QED) is 0.358. The Labute approximate surface area is 257 Å². The summed E-state index contributed by atoms with van der Waals surface area (Å²) >= 11 is 1.14. The molecule has 2 aliphatic heterocycles. The number of carboxylic acid groups (broad SMARTS) is 1. The number of benzene rings is 1. The molecule has 228 valence electrons. The highest BCUT2D eigenvalue weighted by molar-refractivity contribution is 7.89. The van der Waals surface area contributed by atoms with E-state index >= 15 is 0 Å². The van der Waals surface area contributed by atoms with Gasteiger partial charge in [0.1, 0.15) is 15.6 Å². The number of anilines is 2. The van der Waals surface area contributed by atoms with Crippen molar-refractivity contribution < 1.29 is 23.1 Å². The third-order valence-corrected chi connectivity index (χ3v) is 12.1. The summed E-state index contributed by atoms with van der Waals surface area (Å²) < 4.78 is 29.1. The highest BCUT2D eigenvalue weighted by Crippen LogP contribution is 2.42. The van der Waals surface area contributed by atoms with Gasteiger partial charge in [0, 0.05) is 30.7 Å². The van der Waals surface area contributed by atoms with Gasteiger partial charge < -0.3 is 14.9 Å². The van der Waals surface area contributed by atoms with Gasteiger partial charge in [0.05, 0.1) is 18.3 Å². The van der Waals surface area contributed by atoms with E-state index in [0.717, 1.165) is 85.6 Å². The van der Waals surface area contributed by atoms with Gasteiger partial charge in [-0.1, -0.05) is 56.5 Å². The Morgan fingerprint density at radius 3 is 2.37 bits per heavy atom. The second kappa shape index (κ2) is 12.4. The van der Waals surface area contributed by atoms with E-state index in [4.69, 9.17) is 0 Å². The van der Waals surface area contributed by atoms with E-state index in [1.807, 2.05) is 30.3 Å². The van der Waals surface area contributed by atoms with Crippen LogP contribution < -0.4 is 9.80 Å². The van der Waals surface area contributed by atoms with Crippen LogP contribution in [0.4, 0.5) is 11.5 Å². The molecule has 6 rings (SSSR count). The summed E-state index contributed by atoms with van der Waals surface area (Å²) in [5.74, 6) is 0.00741. The summed E-state index contributed by atoms with van der Waals surface area (Å²) in [6.45, 7) is 3.79. The second-order valence-corrected chi connectivity index (χ2v) is 15.0. The van der Waals surface area contributed by atoms with Crippen molar-refractivity contribution in [3.8, 4) is 10.4 Å². The van der Waals surface area contributed by atoms with Crippen LogP contribution in [-0.4, -0.2) is 66.9 Å². The number of sulfonamides is 1. The van der Waals surface area contributed by atoms with Gasteiger partial charge in [-0.15, -0.1) is 11.3 Å². The average Bonchev–Trinajstić information content (AvgIpc) is 3.47. The third-order valence-electron chi connectivity index (χ3n) is 9.19. The molecule has 0 spiro atoms. The van der Waals surface area contributed by atoms with Gasteiger partial charge in [-0.3, -0.25) is 4.79 Å². The predicted molar refractivity (Wildman–Crippen MR) is 168 cm³/mol. The molecule has 11 heteroatoms. The van der Waals surface area contributed by atoms with Crippen LogP contribution in [0.1, 0.15) is 61.5 Å². The van der Waals surface area contributed by atoms with Crippen LogP contribution in [0.25, 0.3) is 10.4 Å². The van der Waals surface area contributed by atoms with Crippen LogP contribution in [0.2, 0.25) is 0 Å². The van der Waals surface area contributed by atoms with Crippen molar-refractivity contribution in [3.63, 3.8) is 0 Å². The first-order chi connectivity index (χ1) is 20.7. The first kappa shape index (κ1) is 29.8. The molecule has 3 aromatic rings. The lowest BCUT2D eigenvalue weighted by molar-refractivity contribution is -0.121. The number of rotatable bonds is 7. The molecule has 1 amide bonds. The maximum Gasteiger partial charge on any atom is 0.348 e. The minimum Gasteiger partial charge on any atom is -0.477 e. The van der Waals surface area contributed by atoms with Gasteiger partial charge in [0.2, 0.25) is 15.9 Å². The summed E-state index contributed by atoms with van der Waals surface area (Å²) in [6.07, 6.45) is 8.40. The van der Waals surface area contributed by atoms with Crippen molar-refractivity contribution in [2.75, 3.05) is 36.0 Å². The van der Waals surface area contributed by atoms with Crippen LogP contribution in [0.3, 0.4) is 0 Å². The number of carbonyl (C=O) groups is 2. The summed E-state index contributed by atoms with van der Waals surface area (Å²) in [6, 6.07) is 14.2. The number of hydrogen-bond acceptors (Lipinski definition) is 7. The van der Waals surface area contributed by atoms with Gasteiger partial charge in [-0.2, -0.15) is 4.31 Å². The largest absolute Gasteiger partial charge is 0.477 e. The van der Waals surface area contributed by atoms with Crippen molar-refractivity contribution in [1.82, 2.24) is 9.29 Å². The number of aromatic nitrogens is 1. The minimum atomic E-state index is -4.00. The Balaban J connectivity index is 1.31. The van der Waals surface area contributed by atoms with Crippen LogP contribution >= 0.6 is 11.3 Å². The molecule has 1 N–H and O–H groups in total. The van der Waals surface area contributed by atoms with Crippen molar-refractivity contribution in [1.29, 1.82) is 0 Å². The molecular weight excluding hydrogens is 585 g/mol. The minimum absolute atomic E-state index is 0.0680. The molecule has 1 aliphatic carbocycles. The molecular formula is C32H38N4O5S2. The Kier molecular flexibility index (Phi) is 8.57. The van der Waals surface area contributed by atoms with Crippen LogP contribution in [-0.2, 0) is 14.8 Å². The Bertz CT molecular complexity index is 1560. The summed E-state index contributed by atoms with van der Waals surface area (Å²) in [5, 5.41) is 10.2. The number of hydrogen-bond donors (Lipinski definition) is 1. The molecule has 0 radical (unpaired) electrons. The lowest BCUT2D eigenvalue weighted by Gasteiger charge is -2.44. The molecule has 2 aromatic heterocycles. The number of carboxylic acids is 1. The molecule has 3 fully saturated rings. The Morgan fingerprint density at radius 1 is 1.00 bits per heavy atom. The van der Waals surface area contributed by atoms with Gasteiger partial charge in [-0.25, -0.2) is 18.2 Å². The van der Waals surface area contributed by atoms with Crippen molar-refractivity contribution in [2.24, 2.45) is 11.8 Å². The zero-order valence-electron chi connectivity index (χ0n) is 24.4. The smallest absolute Gasteiger partial charge is 0.348 e. The van der Waals surface area contributed by atoms with E-state index in [1.165, 1.54) is 10.5 Å². The first-order valence-corrected chi connectivity index (χ1v) is 17.4. The molecule has 1 saturated carbocycles. The van der Waals surface area contributed by atoms with Gasteiger partial charge in [0.15, 0.2) is 0 Å². The molecule has 9 nitrogen and oxygen atoms in total.